The molecule has 0 aromatic carbocycles. The average Bonchev–Trinajstić information content (AvgIpc) is 2.54. The maximum atomic E-state index is 6.20. The summed E-state index contributed by atoms with van der Waals surface area (Å²) in [7, 11) is 4.07. The molecule has 0 saturated heterocycles. The van der Waals surface area contributed by atoms with Gasteiger partial charge in [0.25, 0.3) is 0 Å². The Morgan fingerprint density at radius 1 is 1.35 bits per heavy atom. The lowest BCUT2D eigenvalue weighted by molar-refractivity contribution is 0.594. The molecular weight excluding hydrogens is 212 g/mol. The van der Waals surface area contributed by atoms with Gasteiger partial charge in [-0.05, 0) is 19.8 Å². The summed E-state index contributed by atoms with van der Waals surface area (Å²) in [4.78, 5) is 2.24. The van der Waals surface area contributed by atoms with E-state index in [4.69, 9.17) is 5.73 Å². The third-order valence-electron chi connectivity index (χ3n) is 3.32. The van der Waals surface area contributed by atoms with E-state index >= 15 is 0 Å². The summed E-state index contributed by atoms with van der Waals surface area (Å²) in [6.07, 6.45) is 4.39. The molecule has 2 N–H and O–H groups in total. The fraction of sp³-hybridized carbons (Fsp3) is 0.769. The quantitative estimate of drug-likeness (QED) is 0.828. The first-order valence-electron chi connectivity index (χ1n) is 6.57. The van der Waals surface area contributed by atoms with Gasteiger partial charge in [0.05, 0.1) is 11.4 Å². The van der Waals surface area contributed by atoms with E-state index in [1.165, 1.54) is 12.8 Å². The lowest BCUT2D eigenvalue weighted by atomic mass is 10.1. The summed E-state index contributed by atoms with van der Waals surface area (Å²) in [6, 6.07) is 0.493. The number of anilines is 2. The second kappa shape index (κ2) is 5.94. The van der Waals surface area contributed by atoms with Crippen LogP contribution in [-0.2, 0) is 13.5 Å². The SMILES string of the molecule is CCCc1nn(C)c(N(C)C(C)CCC)c1N. The van der Waals surface area contributed by atoms with Crippen LogP contribution >= 0.6 is 0 Å². The van der Waals surface area contributed by atoms with E-state index in [9.17, 15) is 0 Å². The normalized spacial score (nSPS) is 12.8. The molecule has 1 unspecified atom stereocenters. The first-order chi connectivity index (χ1) is 8.02. The molecule has 0 radical (unpaired) electrons. The minimum Gasteiger partial charge on any atom is -0.394 e. The predicted molar refractivity (Wildman–Crippen MR) is 74.4 cm³/mol. The molecule has 1 aromatic rings. The van der Waals surface area contributed by atoms with Crippen LogP contribution in [0.2, 0.25) is 0 Å². The van der Waals surface area contributed by atoms with Crippen molar-refractivity contribution >= 4 is 11.5 Å². The molecule has 1 heterocycles. The second-order valence-electron chi connectivity index (χ2n) is 4.81. The third-order valence-corrected chi connectivity index (χ3v) is 3.32. The number of hydrogen-bond acceptors (Lipinski definition) is 3. The van der Waals surface area contributed by atoms with Crippen molar-refractivity contribution in [3.63, 3.8) is 0 Å². The van der Waals surface area contributed by atoms with E-state index in [0.717, 1.165) is 30.0 Å². The Kier molecular flexibility index (Phi) is 4.85. The Labute approximate surface area is 105 Å². The maximum absolute atomic E-state index is 6.20. The van der Waals surface area contributed by atoms with E-state index in [1.807, 2.05) is 11.7 Å². The fourth-order valence-corrected chi connectivity index (χ4v) is 2.25. The van der Waals surface area contributed by atoms with E-state index < -0.39 is 0 Å². The van der Waals surface area contributed by atoms with Gasteiger partial charge in [-0.2, -0.15) is 5.10 Å². The van der Waals surface area contributed by atoms with Gasteiger partial charge in [0.1, 0.15) is 5.82 Å². The summed E-state index contributed by atoms with van der Waals surface area (Å²) in [6.45, 7) is 6.59. The molecule has 98 valence electrons. The van der Waals surface area contributed by atoms with E-state index in [2.05, 4.69) is 37.8 Å². The van der Waals surface area contributed by atoms with Crippen molar-refractivity contribution in [2.75, 3.05) is 17.7 Å². The molecule has 0 bridgehead atoms. The standard InChI is InChI=1S/C13H26N4/c1-6-8-10(3)16(4)13-12(14)11(9-7-2)15-17(13)5/h10H,6-9,14H2,1-5H3. The fourth-order valence-electron chi connectivity index (χ4n) is 2.25. The number of hydrogen-bond donors (Lipinski definition) is 1. The summed E-state index contributed by atoms with van der Waals surface area (Å²) >= 11 is 0. The Balaban J connectivity index is 2.96. The van der Waals surface area contributed by atoms with Crippen molar-refractivity contribution in [2.45, 2.75) is 52.5 Å². The zero-order chi connectivity index (χ0) is 13.0. The van der Waals surface area contributed by atoms with Crippen molar-refractivity contribution in [3.8, 4) is 0 Å². The van der Waals surface area contributed by atoms with Crippen LogP contribution in [0.5, 0.6) is 0 Å². The molecule has 0 aliphatic rings. The van der Waals surface area contributed by atoms with Crippen LogP contribution in [0.1, 0.15) is 45.7 Å². The van der Waals surface area contributed by atoms with Crippen molar-refractivity contribution < 1.29 is 0 Å². The van der Waals surface area contributed by atoms with Crippen LogP contribution in [0.3, 0.4) is 0 Å². The van der Waals surface area contributed by atoms with Gasteiger partial charge in [0.2, 0.25) is 0 Å². The number of nitrogens with two attached hydrogens (primary N) is 1. The van der Waals surface area contributed by atoms with Gasteiger partial charge < -0.3 is 10.6 Å². The van der Waals surface area contributed by atoms with E-state index in [1.54, 1.807) is 0 Å². The van der Waals surface area contributed by atoms with Gasteiger partial charge in [-0.15, -0.1) is 0 Å². The van der Waals surface area contributed by atoms with E-state index in [-0.39, 0.29) is 0 Å². The Hall–Kier alpha value is -1.19. The van der Waals surface area contributed by atoms with Crippen molar-refractivity contribution in [1.82, 2.24) is 9.78 Å². The Bertz CT molecular complexity index is 357. The predicted octanol–water partition coefficient (Wildman–Crippen LogP) is 2.58. The molecule has 0 spiro atoms. The number of nitrogen functional groups attached to an aromatic ring is 1. The van der Waals surface area contributed by atoms with Crippen LogP contribution in [0.4, 0.5) is 11.5 Å². The van der Waals surface area contributed by atoms with Crippen LogP contribution in [0, 0.1) is 0 Å². The maximum Gasteiger partial charge on any atom is 0.150 e. The highest BCUT2D eigenvalue weighted by atomic mass is 15.4. The largest absolute Gasteiger partial charge is 0.394 e. The molecule has 1 atom stereocenters. The minimum atomic E-state index is 0.493. The molecular formula is C13H26N4. The van der Waals surface area contributed by atoms with Crippen molar-refractivity contribution in [3.05, 3.63) is 5.69 Å². The highest BCUT2D eigenvalue weighted by Gasteiger charge is 2.19. The zero-order valence-corrected chi connectivity index (χ0v) is 11.8. The molecule has 4 heteroatoms. The lowest BCUT2D eigenvalue weighted by Gasteiger charge is -2.27. The third kappa shape index (κ3) is 2.93. The smallest absolute Gasteiger partial charge is 0.150 e. The van der Waals surface area contributed by atoms with E-state index in [0.29, 0.717) is 6.04 Å². The number of rotatable bonds is 6. The monoisotopic (exact) mass is 238 g/mol. The zero-order valence-electron chi connectivity index (χ0n) is 11.8. The minimum absolute atomic E-state index is 0.493. The van der Waals surface area contributed by atoms with Crippen molar-refractivity contribution in [1.29, 1.82) is 0 Å². The highest BCUT2D eigenvalue weighted by Crippen LogP contribution is 2.28. The number of nitrogens with zero attached hydrogens (tertiary/aromatic N) is 3. The topological polar surface area (TPSA) is 47.1 Å². The van der Waals surface area contributed by atoms with Gasteiger partial charge in [-0.25, -0.2) is 0 Å². The number of aromatic nitrogens is 2. The summed E-state index contributed by atoms with van der Waals surface area (Å²) in [5, 5.41) is 4.51. The molecule has 0 saturated carbocycles. The van der Waals surface area contributed by atoms with Gasteiger partial charge in [0, 0.05) is 20.1 Å². The van der Waals surface area contributed by atoms with Crippen LogP contribution in [0.25, 0.3) is 0 Å². The molecule has 0 aliphatic carbocycles. The molecule has 0 amide bonds. The van der Waals surface area contributed by atoms with Crippen LogP contribution in [-0.4, -0.2) is 22.9 Å². The Morgan fingerprint density at radius 2 is 2.00 bits per heavy atom. The van der Waals surface area contributed by atoms with Gasteiger partial charge >= 0.3 is 0 Å². The average molecular weight is 238 g/mol. The van der Waals surface area contributed by atoms with Gasteiger partial charge in [-0.3, -0.25) is 4.68 Å². The number of aryl methyl sites for hydroxylation is 2. The molecule has 4 nitrogen and oxygen atoms in total. The summed E-state index contributed by atoms with van der Waals surface area (Å²) in [5.74, 6) is 1.05. The highest BCUT2D eigenvalue weighted by molar-refractivity contribution is 5.66. The van der Waals surface area contributed by atoms with Crippen LogP contribution in [0.15, 0.2) is 0 Å². The van der Waals surface area contributed by atoms with Gasteiger partial charge in [0.15, 0.2) is 0 Å². The molecule has 1 rings (SSSR count). The Morgan fingerprint density at radius 3 is 2.53 bits per heavy atom. The summed E-state index contributed by atoms with van der Waals surface area (Å²) < 4.78 is 1.91. The molecule has 0 fully saturated rings. The lowest BCUT2D eigenvalue weighted by Crippen LogP contribution is -2.30. The van der Waals surface area contributed by atoms with Crippen molar-refractivity contribution in [2.24, 2.45) is 7.05 Å². The second-order valence-corrected chi connectivity index (χ2v) is 4.81. The van der Waals surface area contributed by atoms with Gasteiger partial charge in [-0.1, -0.05) is 26.7 Å². The first kappa shape index (κ1) is 13.9. The summed E-state index contributed by atoms with van der Waals surface area (Å²) in [5.41, 5.74) is 8.08. The van der Waals surface area contributed by atoms with Crippen LogP contribution < -0.4 is 10.6 Å². The first-order valence-corrected chi connectivity index (χ1v) is 6.57. The molecule has 1 aromatic heterocycles. The molecule has 0 aliphatic heterocycles. The molecule has 17 heavy (non-hydrogen) atoms.